The normalized spacial score (nSPS) is 11.7. The van der Waals surface area contributed by atoms with Gasteiger partial charge in [0.1, 0.15) is 29.6 Å². The van der Waals surface area contributed by atoms with Gasteiger partial charge in [0.15, 0.2) is 0 Å². The van der Waals surface area contributed by atoms with E-state index in [-0.39, 0.29) is 25.4 Å². The Labute approximate surface area is 252 Å². The van der Waals surface area contributed by atoms with Crippen molar-refractivity contribution in [1.82, 2.24) is 35.5 Å². The van der Waals surface area contributed by atoms with Crippen molar-refractivity contribution >= 4 is 35.1 Å². The first-order valence-electron chi connectivity index (χ1n) is 13.2. The second-order valence-corrected chi connectivity index (χ2v) is 10.5. The molecule has 0 fully saturated rings. The highest BCUT2D eigenvalue weighted by Crippen LogP contribution is 2.29. The second-order valence-electron chi connectivity index (χ2n) is 9.65. The molecule has 12 heteroatoms. The molecule has 1 amide bonds. The van der Waals surface area contributed by atoms with Crippen LogP contribution in [-0.4, -0.2) is 42.1 Å². The zero-order valence-electron chi connectivity index (χ0n) is 22.6. The molecule has 0 saturated carbocycles. The highest BCUT2D eigenvalue weighted by molar-refractivity contribution is 6.32. The van der Waals surface area contributed by atoms with Gasteiger partial charge in [-0.3, -0.25) is 9.59 Å². The average molecular weight is 604 g/mol. The monoisotopic (exact) mass is 603 g/mol. The summed E-state index contributed by atoms with van der Waals surface area (Å²) in [6.45, 7) is 2.10. The molecular weight excluding hydrogens is 577 g/mol. The number of nitrogens with one attached hydrogen (secondary N) is 2. The van der Waals surface area contributed by atoms with E-state index in [1.165, 1.54) is 11.0 Å². The van der Waals surface area contributed by atoms with E-state index in [1.54, 1.807) is 18.2 Å². The van der Waals surface area contributed by atoms with Crippen LogP contribution >= 0.6 is 23.2 Å². The van der Waals surface area contributed by atoms with E-state index in [0.717, 1.165) is 22.3 Å². The van der Waals surface area contributed by atoms with Crippen LogP contribution in [0.4, 0.5) is 0 Å². The van der Waals surface area contributed by atoms with Gasteiger partial charge in [-0.05, 0) is 53.1 Å². The lowest BCUT2D eigenvalue weighted by molar-refractivity contribution is -0.145. The number of rotatable bonds is 11. The highest BCUT2D eigenvalue weighted by Gasteiger charge is 2.25. The number of H-pyrrole nitrogens is 1. The second kappa shape index (κ2) is 13.4. The molecule has 1 atom stereocenters. The van der Waals surface area contributed by atoms with E-state index in [4.69, 9.17) is 27.9 Å². The van der Waals surface area contributed by atoms with Crippen molar-refractivity contribution in [3.63, 3.8) is 0 Å². The van der Waals surface area contributed by atoms with Gasteiger partial charge >= 0.3 is 5.97 Å². The number of amides is 1. The summed E-state index contributed by atoms with van der Waals surface area (Å²) in [5, 5.41) is 15.1. The number of aryl methyl sites for hydroxylation is 2. The van der Waals surface area contributed by atoms with Crippen LogP contribution < -0.4 is 5.32 Å². The fourth-order valence-corrected chi connectivity index (χ4v) is 4.82. The van der Waals surface area contributed by atoms with Gasteiger partial charge in [0.25, 0.3) is 0 Å². The standard InChI is InChI=1S/C30H27Cl2N7O3/c1-19-7-9-21(10-8-19)28-29(32)36-30(35-28)24(16-27(41)42-17-20-5-3-2-4-6-20)34-26(40)14-11-22-15-23(31)12-13-25(22)39-18-33-37-38-39/h2-10,12-13,15,18,24H,11,14,16-17H2,1H3,(H,34,40)(H,35,36)/t24-/m0/s1. The van der Waals surface area contributed by atoms with Crippen molar-refractivity contribution in [1.29, 1.82) is 0 Å². The SMILES string of the molecule is Cc1ccc(-c2nc([C@H](CC(=O)OCc3ccccc3)NC(=O)CCc3cc(Cl)ccc3-n3cnnn3)[nH]c2Cl)cc1. The van der Waals surface area contributed by atoms with Gasteiger partial charge in [-0.2, -0.15) is 0 Å². The largest absolute Gasteiger partial charge is 0.461 e. The molecule has 5 rings (SSSR count). The summed E-state index contributed by atoms with van der Waals surface area (Å²) in [5.74, 6) is -0.454. The summed E-state index contributed by atoms with van der Waals surface area (Å²) in [4.78, 5) is 33.8. The summed E-state index contributed by atoms with van der Waals surface area (Å²) < 4.78 is 7.00. The van der Waals surface area contributed by atoms with Gasteiger partial charge in [-0.25, -0.2) is 9.67 Å². The predicted octanol–water partition coefficient (Wildman–Crippen LogP) is 5.59. The Bertz CT molecular complexity index is 1660. The zero-order chi connectivity index (χ0) is 29.5. The summed E-state index contributed by atoms with van der Waals surface area (Å²) in [5.41, 5.74) is 4.77. The number of tetrazole rings is 1. The zero-order valence-corrected chi connectivity index (χ0v) is 24.1. The van der Waals surface area contributed by atoms with Crippen molar-refractivity contribution in [2.75, 3.05) is 0 Å². The van der Waals surface area contributed by atoms with E-state index >= 15 is 0 Å². The van der Waals surface area contributed by atoms with Crippen molar-refractivity contribution in [3.8, 4) is 16.9 Å². The molecule has 10 nitrogen and oxygen atoms in total. The van der Waals surface area contributed by atoms with Crippen LogP contribution in [0, 0.1) is 6.92 Å². The predicted molar refractivity (Wildman–Crippen MR) is 158 cm³/mol. The summed E-state index contributed by atoms with van der Waals surface area (Å²) in [6.07, 6.45) is 1.77. The molecule has 3 aromatic carbocycles. The fraction of sp³-hybridized carbons (Fsp3) is 0.200. The van der Waals surface area contributed by atoms with E-state index in [2.05, 4.69) is 30.8 Å². The number of aromatic amines is 1. The van der Waals surface area contributed by atoms with Crippen LogP contribution in [0.5, 0.6) is 0 Å². The highest BCUT2D eigenvalue weighted by atomic mass is 35.5. The quantitative estimate of drug-likeness (QED) is 0.188. The molecule has 2 aromatic heterocycles. The number of ether oxygens (including phenoxy) is 1. The number of carbonyl (C=O) groups excluding carboxylic acids is 2. The number of hydrogen-bond acceptors (Lipinski definition) is 7. The van der Waals surface area contributed by atoms with E-state index in [1.807, 2.05) is 61.5 Å². The molecule has 0 spiro atoms. The molecule has 0 aliphatic heterocycles. The molecule has 42 heavy (non-hydrogen) atoms. The van der Waals surface area contributed by atoms with Crippen LogP contribution in [0.1, 0.15) is 41.4 Å². The fourth-order valence-electron chi connectivity index (χ4n) is 4.38. The molecule has 2 heterocycles. The summed E-state index contributed by atoms with van der Waals surface area (Å²) >= 11 is 12.7. The Hall–Kier alpha value is -4.54. The molecular formula is C30H27Cl2N7O3. The Morgan fingerprint density at radius 2 is 1.83 bits per heavy atom. The lowest BCUT2D eigenvalue weighted by atomic mass is 10.1. The average Bonchev–Trinajstić information content (AvgIpc) is 3.66. The maximum atomic E-state index is 13.2. The lowest BCUT2D eigenvalue weighted by Crippen LogP contribution is -2.31. The number of nitrogens with zero attached hydrogens (tertiary/aromatic N) is 5. The number of hydrogen-bond donors (Lipinski definition) is 2. The molecule has 0 bridgehead atoms. The molecule has 2 N–H and O–H groups in total. The van der Waals surface area contributed by atoms with Crippen LogP contribution in [0.25, 0.3) is 16.9 Å². The van der Waals surface area contributed by atoms with Crippen molar-refractivity contribution in [2.45, 2.75) is 38.8 Å². The van der Waals surface area contributed by atoms with Crippen LogP contribution in [0.2, 0.25) is 10.2 Å². The first-order valence-corrected chi connectivity index (χ1v) is 13.9. The van der Waals surface area contributed by atoms with E-state index < -0.39 is 12.0 Å². The summed E-state index contributed by atoms with van der Waals surface area (Å²) in [7, 11) is 0. The Kier molecular flexibility index (Phi) is 9.25. The topological polar surface area (TPSA) is 128 Å². The van der Waals surface area contributed by atoms with Crippen LogP contribution in [0.15, 0.2) is 79.1 Å². The number of esters is 1. The molecule has 0 unspecified atom stereocenters. The van der Waals surface area contributed by atoms with Crippen molar-refractivity contribution in [2.24, 2.45) is 0 Å². The van der Waals surface area contributed by atoms with E-state index in [0.29, 0.717) is 33.8 Å². The minimum absolute atomic E-state index is 0.101. The molecule has 0 aliphatic carbocycles. The number of halogens is 2. The molecule has 0 radical (unpaired) electrons. The molecule has 5 aromatic rings. The molecule has 214 valence electrons. The number of carbonyl (C=O) groups is 2. The lowest BCUT2D eigenvalue weighted by Gasteiger charge is -2.17. The maximum Gasteiger partial charge on any atom is 0.308 e. The third-order valence-electron chi connectivity index (χ3n) is 6.54. The van der Waals surface area contributed by atoms with Gasteiger partial charge in [0.05, 0.1) is 18.2 Å². The Morgan fingerprint density at radius 1 is 1.05 bits per heavy atom. The van der Waals surface area contributed by atoms with Gasteiger partial charge in [-0.15, -0.1) is 5.10 Å². The van der Waals surface area contributed by atoms with Gasteiger partial charge in [0.2, 0.25) is 5.91 Å². The molecule has 0 saturated heterocycles. The molecule has 0 aliphatic rings. The summed E-state index contributed by atoms with van der Waals surface area (Å²) in [6, 6.07) is 21.6. The smallest absolute Gasteiger partial charge is 0.308 e. The Balaban J connectivity index is 1.33. The van der Waals surface area contributed by atoms with Crippen molar-refractivity contribution < 1.29 is 14.3 Å². The van der Waals surface area contributed by atoms with Gasteiger partial charge in [-0.1, -0.05) is 83.4 Å². The van der Waals surface area contributed by atoms with Gasteiger partial charge in [0, 0.05) is 17.0 Å². The Morgan fingerprint density at radius 3 is 2.57 bits per heavy atom. The van der Waals surface area contributed by atoms with Crippen LogP contribution in [-0.2, 0) is 27.4 Å². The van der Waals surface area contributed by atoms with Crippen LogP contribution in [0.3, 0.4) is 0 Å². The number of benzene rings is 3. The maximum absolute atomic E-state index is 13.2. The van der Waals surface area contributed by atoms with Crippen molar-refractivity contribution in [3.05, 3.63) is 112 Å². The third kappa shape index (κ3) is 7.39. The third-order valence-corrected chi connectivity index (χ3v) is 7.05. The van der Waals surface area contributed by atoms with Gasteiger partial charge < -0.3 is 15.0 Å². The van der Waals surface area contributed by atoms with E-state index in [9.17, 15) is 9.59 Å². The minimum Gasteiger partial charge on any atom is -0.461 e. The number of aromatic nitrogens is 6. The first-order chi connectivity index (χ1) is 20.4. The first kappa shape index (κ1) is 29.0. The number of imidazole rings is 1. The minimum atomic E-state index is -0.809.